The van der Waals surface area contributed by atoms with Crippen LogP contribution in [-0.2, 0) is 10.3 Å². The highest BCUT2D eigenvalue weighted by Gasteiger charge is 2.25. The Morgan fingerprint density at radius 1 is 1.38 bits per heavy atom. The molecule has 16 heavy (non-hydrogen) atoms. The number of aromatic nitrogens is 2. The molecule has 0 bridgehead atoms. The van der Waals surface area contributed by atoms with Gasteiger partial charge in [0.05, 0.1) is 5.69 Å². The number of aromatic amines is 1. The first-order valence-electron chi connectivity index (χ1n) is 4.77. The molecule has 1 heterocycles. The number of rotatable bonds is 3. The van der Waals surface area contributed by atoms with Gasteiger partial charge in [0.1, 0.15) is 0 Å². The van der Waals surface area contributed by atoms with E-state index in [9.17, 15) is 9.59 Å². The molecule has 90 valence electrons. The Balaban J connectivity index is 3.19. The van der Waals surface area contributed by atoms with Crippen molar-refractivity contribution >= 4 is 34.8 Å². The molecular formula is C9H11Cl3N2O2. The van der Waals surface area contributed by atoms with Gasteiger partial charge in [-0.3, -0.25) is 9.36 Å². The molecule has 0 radical (unpaired) electrons. The molecule has 0 saturated carbocycles. The zero-order chi connectivity index (χ0) is 12.3. The molecule has 0 aliphatic carbocycles. The second-order valence-corrected chi connectivity index (χ2v) is 5.61. The van der Waals surface area contributed by atoms with Gasteiger partial charge in [-0.15, -0.1) is 0 Å². The van der Waals surface area contributed by atoms with Gasteiger partial charge in [0.2, 0.25) is 3.79 Å². The molecular weight excluding hydrogens is 274 g/mol. The number of hydrogen-bond acceptors (Lipinski definition) is 2. The van der Waals surface area contributed by atoms with Crippen molar-refractivity contribution in [2.75, 3.05) is 0 Å². The van der Waals surface area contributed by atoms with E-state index in [-0.39, 0.29) is 5.69 Å². The van der Waals surface area contributed by atoms with E-state index in [0.717, 1.165) is 23.5 Å². The summed E-state index contributed by atoms with van der Waals surface area (Å²) >= 11 is 16.7. The Kier molecular flexibility index (Phi) is 4.47. The summed E-state index contributed by atoms with van der Waals surface area (Å²) in [6.45, 7) is 2.33. The number of nitrogens with one attached hydrogen (secondary N) is 1. The maximum atomic E-state index is 11.6. The summed E-state index contributed by atoms with van der Waals surface area (Å²) in [6.07, 6.45) is 1.63. The molecule has 0 unspecified atom stereocenters. The Bertz CT molecular complexity index is 442. The summed E-state index contributed by atoms with van der Waals surface area (Å²) in [6, 6.07) is 1.13. The molecule has 0 aromatic carbocycles. The van der Waals surface area contributed by atoms with E-state index >= 15 is 0 Å². The molecule has 1 rings (SSSR count). The lowest BCUT2D eigenvalue weighted by molar-refractivity contribution is 0.579. The van der Waals surface area contributed by atoms with Crippen LogP contribution in [0.5, 0.6) is 0 Å². The van der Waals surface area contributed by atoms with Gasteiger partial charge < -0.3 is 4.98 Å². The van der Waals surface area contributed by atoms with E-state index < -0.39 is 15.0 Å². The third-order valence-electron chi connectivity index (χ3n) is 2.06. The van der Waals surface area contributed by atoms with Crippen molar-refractivity contribution in [3.05, 3.63) is 32.6 Å². The van der Waals surface area contributed by atoms with E-state index in [1.807, 2.05) is 6.92 Å². The van der Waals surface area contributed by atoms with Crippen LogP contribution in [-0.4, -0.2) is 9.55 Å². The Labute approximate surface area is 107 Å². The van der Waals surface area contributed by atoms with Crippen molar-refractivity contribution in [3.8, 4) is 0 Å². The summed E-state index contributed by atoms with van der Waals surface area (Å²) in [5.41, 5.74) is -1.03. The van der Waals surface area contributed by atoms with Gasteiger partial charge in [0, 0.05) is 12.6 Å². The monoisotopic (exact) mass is 284 g/mol. The Hall–Kier alpha value is -0.450. The van der Waals surface area contributed by atoms with Crippen molar-refractivity contribution in [3.63, 3.8) is 0 Å². The van der Waals surface area contributed by atoms with Crippen LogP contribution in [0.25, 0.3) is 0 Å². The minimum atomic E-state index is -1.79. The third kappa shape index (κ3) is 3.27. The second kappa shape index (κ2) is 5.25. The van der Waals surface area contributed by atoms with E-state index in [1.165, 1.54) is 0 Å². The normalized spacial score (nSPS) is 11.8. The van der Waals surface area contributed by atoms with Crippen molar-refractivity contribution in [1.82, 2.24) is 9.55 Å². The van der Waals surface area contributed by atoms with Gasteiger partial charge in [-0.2, -0.15) is 0 Å². The summed E-state index contributed by atoms with van der Waals surface area (Å²) in [7, 11) is 0. The standard InChI is InChI=1S/C9H11Cl3N2O2/c1-2-3-4-14-7(15)5-6(9(10,11)12)13-8(14)16/h5H,2-4H2,1H3,(H,13,16). The van der Waals surface area contributed by atoms with Gasteiger partial charge in [-0.25, -0.2) is 4.79 Å². The first-order chi connectivity index (χ1) is 7.36. The topological polar surface area (TPSA) is 54.9 Å². The minimum Gasteiger partial charge on any atom is -0.307 e. The minimum absolute atomic E-state index is 0.0137. The summed E-state index contributed by atoms with van der Waals surface area (Å²) in [5.74, 6) is 0. The first-order valence-corrected chi connectivity index (χ1v) is 5.91. The molecule has 1 aromatic heterocycles. The summed E-state index contributed by atoms with van der Waals surface area (Å²) in [4.78, 5) is 25.5. The van der Waals surface area contributed by atoms with Gasteiger partial charge in [-0.05, 0) is 6.42 Å². The van der Waals surface area contributed by atoms with Crippen LogP contribution in [0.2, 0.25) is 0 Å². The van der Waals surface area contributed by atoms with Crippen molar-refractivity contribution in [2.45, 2.75) is 30.1 Å². The molecule has 0 aliphatic rings. The summed E-state index contributed by atoms with van der Waals surface area (Å²) < 4.78 is -0.703. The molecule has 1 aromatic rings. The van der Waals surface area contributed by atoms with Crippen molar-refractivity contribution < 1.29 is 0 Å². The van der Waals surface area contributed by atoms with Crippen LogP contribution in [0.3, 0.4) is 0 Å². The van der Waals surface area contributed by atoms with Gasteiger partial charge >= 0.3 is 5.69 Å². The maximum Gasteiger partial charge on any atom is 0.328 e. The van der Waals surface area contributed by atoms with Gasteiger partial charge in [0.25, 0.3) is 5.56 Å². The Morgan fingerprint density at radius 2 is 2.00 bits per heavy atom. The molecule has 0 saturated heterocycles. The van der Waals surface area contributed by atoms with Crippen molar-refractivity contribution in [2.24, 2.45) is 0 Å². The molecule has 1 N–H and O–H groups in total. The molecule has 7 heteroatoms. The third-order valence-corrected chi connectivity index (χ3v) is 2.67. The van der Waals surface area contributed by atoms with E-state index in [4.69, 9.17) is 34.8 Å². The predicted octanol–water partition coefficient (Wildman–Crippen LogP) is 2.16. The van der Waals surface area contributed by atoms with Crippen LogP contribution in [0, 0.1) is 0 Å². The fraction of sp³-hybridized carbons (Fsp3) is 0.556. The zero-order valence-corrected chi connectivity index (χ0v) is 10.9. The lowest BCUT2D eigenvalue weighted by atomic mass is 10.3. The average molecular weight is 286 g/mol. The van der Waals surface area contributed by atoms with Crippen LogP contribution in [0.15, 0.2) is 15.7 Å². The van der Waals surface area contributed by atoms with Gasteiger partial charge in [0.15, 0.2) is 0 Å². The second-order valence-electron chi connectivity index (χ2n) is 3.33. The lowest BCUT2D eigenvalue weighted by Crippen LogP contribution is -2.36. The van der Waals surface area contributed by atoms with Crippen LogP contribution in [0.4, 0.5) is 0 Å². The molecule has 0 aliphatic heterocycles. The number of halogens is 3. The van der Waals surface area contributed by atoms with Crippen molar-refractivity contribution in [1.29, 1.82) is 0 Å². The first kappa shape index (κ1) is 13.6. The number of hydrogen-bond donors (Lipinski definition) is 1. The zero-order valence-electron chi connectivity index (χ0n) is 8.60. The van der Waals surface area contributed by atoms with Crippen LogP contribution in [0.1, 0.15) is 25.5 Å². The highest BCUT2D eigenvalue weighted by molar-refractivity contribution is 6.66. The molecule has 0 fully saturated rings. The largest absolute Gasteiger partial charge is 0.328 e. The van der Waals surface area contributed by atoms with Crippen LogP contribution < -0.4 is 11.2 Å². The highest BCUT2D eigenvalue weighted by Crippen LogP contribution is 2.35. The average Bonchev–Trinajstić information content (AvgIpc) is 2.15. The SMILES string of the molecule is CCCCn1c(=O)cc(C(Cl)(Cl)Cl)[nH]c1=O. The number of unbranched alkanes of at least 4 members (excludes halogenated alkanes) is 1. The Morgan fingerprint density at radius 3 is 2.44 bits per heavy atom. The molecule has 4 nitrogen and oxygen atoms in total. The number of alkyl halides is 3. The number of H-pyrrole nitrogens is 1. The molecule has 0 atom stereocenters. The molecule has 0 spiro atoms. The predicted molar refractivity (Wildman–Crippen MR) is 65.5 cm³/mol. The van der Waals surface area contributed by atoms with Gasteiger partial charge in [-0.1, -0.05) is 48.1 Å². The fourth-order valence-corrected chi connectivity index (χ4v) is 1.51. The van der Waals surface area contributed by atoms with E-state index in [0.29, 0.717) is 6.54 Å². The smallest absolute Gasteiger partial charge is 0.307 e. The molecule has 0 amide bonds. The van der Waals surface area contributed by atoms with Crippen LogP contribution >= 0.6 is 34.8 Å². The quantitative estimate of drug-likeness (QED) is 0.865. The van der Waals surface area contributed by atoms with E-state index in [2.05, 4.69) is 4.98 Å². The fourth-order valence-electron chi connectivity index (χ4n) is 1.20. The summed E-state index contributed by atoms with van der Waals surface area (Å²) in [5, 5.41) is 0. The lowest BCUT2D eigenvalue weighted by Gasteiger charge is -2.11. The maximum absolute atomic E-state index is 11.6. The van der Waals surface area contributed by atoms with E-state index in [1.54, 1.807) is 0 Å². The number of nitrogens with zero attached hydrogens (tertiary/aromatic N) is 1. The highest BCUT2D eigenvalue weighted by atomic mass is 35.6.